The third-order valence-electron chi connectivity index (χ3n) is 11.1. The standard InChI is InChI=1S/C43H53FN8O5/c1-28-11-7-9-19-50(28)42-48-47-38-18-15-31(27-51(38)42)57-36-17-16-35(33-12-5-6-13-34(33)36)45-41(53)46-39-26-37(43(2,3)4)49-52(39)30-23-29(44)24-32(25-30)54-21-22-56-40-14-8-10-20-55-40/h5-6,12-13,15,18,23-28,35-36,40H,7-11,14,16-17,19-22H2,1-4H3,(H2,45,46,53)/t28?,35-,36+,40?/m0/s1. The first-order chi connectivity index (χ1) is 27.6. The summed E-state index contributed by atoms with van der Waals surface area (Å²) in [7, 11) is 0. The first-order valence-corrected chi connectivity index (χ1v) is 20.3. The molecule has 3 aliphatic rings. The van der Waals surface area contributed by atoms with Gasteiger partial charge < -0.3 is 29.2 Å². The molecule has 0 bridgehead atoms. The van der Waals surface area contributed by atoms with Crippen LogP contribution in [0.5, 0.6) is 11.5 Å². The number of fused-ring (bicyclic) bond motifs is 2. The maximum atomic E-state index is 15.0. The van der Waals surface area contributed by atoms with Crippen LogP contribution in [0.3, 0.4) is 0 Å². The average molecular weight is 781 g/mol. The van der Waals surface area contributed by atoms with E-state index >= 15 is 4.39 Å². The van der Waals surface area contributed by atoms with Gasteiger partial charge in [0.15, 0.2) is 11.9 Å². The van der Waals surface area contributed by atoms with Gasteiger partial charge in [0.05, 0.1) is 30.2 Å². The molecule has 3 aromatic heterocycles. The molecule has 1 aliphatic carbocycles. The summed E-state index contributed by atoms with van der Waals surface area (Å²) in [5.41, 5.74) is 3.60. The van der Waals surface area contributed by atoms with E-state index in [0.717, 1.165) is 72.8 Å². The van der Waals surface area contributed by atoms with E-state index in [-0.39, 0.29) is 30.5 Å². The monoisotopic (exact) mass is 780 g/mol. The number of carbonyl (C=O) groups is 1. The first kappa shape index (κ1) is 38.7. The summed E-state index contributed by atoms with van der Waals surface area (Å²) in [5.74, 6) is 1.82. The zero-order valence-electron chi connectivity index (χ0n) is 33.2. The van der Waals surface area contributed by atoms with Crippen molar-refractivity contribution < 1.29 is 28.1 Å². The molecule has 2 aromatic carbocycles. The van der Waals surface area contributed by atoms with Crippen LogP contribution in [0.25, 0.3) is 11.3 Å². The van der Waals surface area contributed by atoms with Gasteiger partial charge in [0, 0.05) is 42.8 Å². The van der Waals surface area contributed by atoms with E-state index in [2.05, 4.69) is 38.7 Å². The Labute approximate surface area is 332 Å². The molecule has 5 heterocycles. The Morgan fingerprint density at radius 2 is 1.77 bits per heavy atom. The van der Waals surface area contributed by atoms with Crippen molar-refractivity contribution in [1.29, 1.82) is 0 Å². The molecule has 2 N–H and O–H groups in total. The molecule has 0 saturated carbocycles. The van der Waals surface area contributed by atoms with Crippen molar-refractivity contribution >= 4 is 23.4 Å². The second-order valence-electron chi connectivity index (χ2n) is 16.3. The number of amides is 2. The summed E-state index contributed by atoms with van der Waals surface area (Å²) in [6.07, 6.45) is 9.36. The molecular weight excluding hydrogens is 728 g/mol. The van der Waals surface area contributed by atoms with Crippen molar-refractivity contribution in [2.45, 2.75) is 109 Å². The highest BCUT2D eigenvalue weighted by Crippen LogP contribution is 2.39. The zero-order chi connectivity index (χ0) is 39.5. The highest BCUT2D eigenvalue weighted by Gasteiger charge is 2.31. The van der Waals surface area contributed by atoms with E-state index < -0.39 is 11.8 Å². The Kier molecular flexibility index (Phi) is 11.3. The maximum Gasteiger partial charge on any atom is 0.320 e. The zero-order valence-corrected chi connectivity index (χ0v) is 33.2. The van der Waals surface area contributed by atoms with E-state index in [1.807, 2.05) is 67.8 Å². The van der Waals surface area contributed by atoms with Crippen LogP contribution in [0.4, 0.5) is 21.0 Å². The fraction of sp³-hybridized carbons (Fsp3) is 0.488. The van der Waals surface area contributed by atoms with Crippen molar-refractivity contribution in [1.82, 2.24) is 29.7 Å². The Balaban J connectivity index is 0.959. The number of nitrogens with zero attached hydrogens (tertiary/aromatic N) is 6. The topological polar surface area (TPSA) is 129 Å². The third-order valence-corrected chi connectivity index (χ3v) is 11.1. The Bertz CT molecular complexity index is 2180. The van der Waals surface area contributed by atoms with Gasteiger partial charge in [-0.05, 0) is 87.6 Å². The summed E-state index contributed by atoms with van der Waals surface area (Å²) >= 11 is 0. The Hall–Kier alpha value is -5.21. The fourth-order valence-electron chi connectivity index (χ4n) is 7.99. The van der Waals surface area contributed by atoms with E-state index in [1.165, 1.54) is 18.6 Å². The summed E-state index contributed by atoms with van der Waals surface area (Å²) in [5, 5.41) is 20.0. The largest absolute Gasteiger partial charge is 0.491 e. The average Bonchev–Trinajstić information content (AvgIpc) is 3.83. The van der Waals surface area contributed by atoms with Gasteiger partial charge in [-0.3, -0.25) is 9.72 Å². The molecule has 14 heteroatoms. The quantitative estimate of drug-likeness (QED) is 0.127. The van der Waals surface area contributed by atoms with Crippen LogP contribution in [0, 0.1) is 5.82 Å². The summed E-state index contributed by atoms with van der Waals surface area (Å²) in [4.78, 5) is 16.1. The number of halogens is 1. The molecule has 302 valence electrons. The van der Waals surface area contributed by atoms with Crippen molar-refractivity contribution in [2.75, 3.05) is 36.6 Å². The minimum Gasteiger partial charge on any atom is -0.491 e. The summed E-state index contributed by atoms with van der Waals surface area (Å²) in [6, 6.07) is 17.9. The molecule has 2 saturated heterocycles. The Morgan fingerprint density at radius 1 is 0.930 bits per heavy atom. The van der Waals surface area contributed by atoms with Gasteiger partial charge in [-0.2, -0.15) is 5.10 Å². The van der Waals surface area contributed by atoms with Gasteiger partial charge in [0.25, 0.3) is 0 Å². The van der Waals surface area contributed by atoms with Crippen LogP contribution in [0.15, 0.2) is 66.9 Å². The molecule has 2 amide bonds. The van der Waals surface area contributed by atoms with Crippen LogP contribution in [-0.2, 0) is 14.9 Å². The summed E-state index contributed by atoms with van der Waals surface area (Å²) in [6.45, 7) is 10.5. The smallest absolute Gasteiger partial charge is 0.320 e. The van der Waals surface area contributed by atoms with Crippen molar-refractivity contribution in [2.24, 2.45) is 0 Å². The van der Waals surface area contributed by atoms with Gasteiger partial charge >= 0.3 is 6.03 Å². The van der Waals surface area contributed by atoms with Crippen LogP contribution in [0.2, 0.25) is 0 Å². The molecule has 2 aliphatic heterocycles. The number of nitrogens with one attached hydrogen (secondary N) is 2. The number of piperidine rings is 1. The van der Waals surface area contributed by atoms with Crippen LogP contribution >= 0.6 is 0 Å². The number of urea groups is 1. The van der Waals surface area contributed by atoms with E-state index in [1.54, 1.807) is 10.7 Å². The lowest BCUT2D eigenvalue weighted by Gasteiger charge is -2.33. The molecule has 57 heavy (non-hydrogen) atoms. The molecule has 13 nitrogen and oxygen atoms in total. The number of aromatic nitrogens is 5. The minimum absolute atomic E-state index is 0.207. The molecular formula is C43H53FN8O5. The molecule has 8 rings (SSSR count). The van der Waals surface area contributed by atoms with Crippen LogP contribution < -0.4 is 25.0 Å². The van der Waals surface area contributed by atoms with Gasteiger partial charge in [0.2, 0.25) is 5.95 Å². The number of hydrogen-bond donors (Lipinski definition) is 2. The molecule has 0 radical (unpaired) electrons. The van der Waals surface area contributed by atoms with Crippen molar-refractivity contribution in [3.63, 3.8) is 0 Å². The second kappa shape index (κ2) is 16.7. The SMILES string of the molecule is CC1CCCCN1c1nnc2ccc(O[C@@H]3CC[C@H](NC(=O)Nc4cc(C(C)(C)C)nn4-c4cc(F)cc(OCCOC5CCCCO5)c4)c4ccccc43)cn12. The predicted molar refractivity (Wildman–Crippen MR) is 215 cm³/mol. The minimum atomic E-state index is -0.489. The summed E-state index contributed by atoms with van der Waals surface area (Å²) < 4.78 is 42.6. The first-order valence-electron chi connectivity index (χ1n) is 20.3. The lowest BCUT2D eigenvalue weighted by Crippen LogP contribution is -2.38. The predicted octanol–water partition coefficient (Wildman–Crippen LogP) is 8.43. The number of rotatable bonds is 11. The number of ether oxygens (including phenoxy) is 4. The van der Waals surface area contributed by atoms with Crippen molar-refractivity contribution in [3.05, 3.63) is 89.5 Å². The second-order valence-corrected chi connectivity index (χ2v) is 16.3. The normalized spacial score (nSPS) is 21.2. The maximum absolute atomic E-state index is 15.0. The van der Waals surface area contributed by atoms with Crippen molar-refractivity contribution in [3.8, 4) is 17.2 Å². The molecule has 4 atom stereocenters. The van der Waals surface area contributed by atoms with E-state index in [9.17, 15) is 4.79 Å². The Morgan fingerprint density at radius 3 is 2.58 bits per heavy atom. The molecule has 2 fully saturated rings. The lowest BCUT2D eigenvalue weighted by molar-refractivity contribution is -0.165. The number of benzene rings is 2. The number of anilines is 2. The van der Waals surface area contributed by atoms with Crippen LogP contribution in [0.1, 0.15) is 108 Å². The molecule has 2 unspecified atom stereocenters. The highest BCUT2D eigenvalue weighted by molar-refractivity contribution is 5.89. The van der Waals surface area contributed by atoms with Crippen LogP contribution in [-0.4, -0.2) is 69.1 Å². The number of hydrogen-bond acceptors (Lipinski definition) is 9. The molecule has 0 spiro atoms. The number of pyridine rings is 1. The third kappa shape index (κ3) is 8.86. The van der Waals surface area contributed by atoms with Gasteiger partial charge in [-0.1, -0.05) is 45.0 Å². The van der Waals surface area contributed by atoms with E-state index in [0.29, 0.717) is 49.4 Å². The van der Waals surface area contributed by atoms with Gasteiger partial charge in [-0.15, -0.1) is 10.2 Å². The molecule has 5 aromatic rings. The number of carbonyl (C=O) groups excluding carboxylic acids is 1. The fourth-order valence-corrected chi connectivity index (χ4v) is 7.99. The lowest BCUT2D eigenvalue weighted by atomic mass is 9.85. The van der Waals surface area contributed by atoms with Gasteiger partial charge in [0.1, 0.15) is 35.8 Å². The van der Waals surface area contributed by atoms with E-state index in [4.69, 9.17) is 24.0 Å². The highest BCUT2D eigenvalue weighted by atomic mass is 19.1. The van der Waals surface area contributed by atoms with Gasteiger partial charge in [-0.25, -0.2) is 13.9 Å².